The lowest BCUT2D eigenvalue weighted by molar-refractivity contribution is -0.115. The Morgan fingerprint density at radius 1 is 1.50 bits per heavy atom. The van der Waals surface area contributed by atoms with E-state index in [0.717, 1.165) is 5.69 Å². The Kier molecular flexibility index (Phi) is 3.39. The molecule has 0 atom stereocenters. The zero-order valence-electron chi connectivity index (χ0n) is 9.90. The number of hydrogen-bond acceptors (Lipinski definition) is 3. The van der Waals surface area contributed by atoms with Crippen molar-refractivity contribution in [2.45, 2.75) is 13.3 Å². The first-order valence-corrected chi connectivity index (χ1v) is 5.48. The van der Waals surface area contributed by atoms with Gasteiger partial charge in [0, 0.05) is 11.4 Å². The standard InChI is InChI=1S/C13H12N4O/c1-9-5-12(17-16-9)7-13(18)15-11-4-2-3-10(6-11)8-14/h2-6H,7H2,1H3,(H,15,18)(H,16,17). The van der Waals surface area contributed by atoms with Gasteiger partial charge in [-0.05, 0) is 31.2 Å². The number of carbonyl (C=O) groups excluding carboxylic acids is 1. The fourth-order valence-electron chi connectivity index (χ4n) is 1.60. The number of benzene rings is 1. The van der Waals surface area contributed by atoms with Crippen LogP contribution in [0.1, 0.15) is 17.0 Å². The van der Waals surface area contributed by atoms with Crippen molar-refractivity contribution in [1.82, 2.24) is 10.2 Å². The Morgan fingerprint density at radius 2 is 2.33 bits per heavy atom. The molecule has 0 aliphatic carbocycles. The highest BCUT2D eigenvalue weighted by atomic mass is 16.1. The van der Waals surface area contributed by atoms with E-state index in [-0.39, 0.29) is 12.3 Å². The van der Waals surface area contributed by atoms with Gasteiger partial charge in [-0.25, -0.2) is 0 Å². The van der Waals surface area contributed by atoms with Crippen LogP contribution < -0.4 is 5.32 Å². The first kappa shape index (κ1) is 11.9. The van der Waals surface area contributed by atoms with Gasteiger partial charge in [0.1, 0.15) is 0 Å². The summed E-state index contributed by atoms with van der Waals surface area (Å²) >= 11 is 0. The molecule has 0 aliphatic rings. The van der Waals surface area contributed by atoms with Crippen molar-refractivity contribution < 1.29 is 4.79 Å². The lowest BCUT2D eigenvalue weighted by Gasteiger charge is -2.03. The first-order chi connectivity index (χ1) is 8.67. The molecule has 2 aromatic rings. The van der Waals surface area contributed by atoms with E-state index in [1.165, 1.54) is 0 Å². The molecule has 0 bridgehead atoms. The zero-order chi connectivity index (χ0) is 13.0. The van der Waals surface area contributed by atoms with E-state index in [0.29, 0.717) is 16.9 Å². The third-order valence-electron chi connectivity index (χ3n) is 2.38. The lowest BCUT2D eigenvalue weighted by atomic mass is 10.2. The van der Waals surface area contributed by atoms with E-state index in [1.807, 2.05) is 19.1 Å². The third kappa shape index (κ3) is 2.95. The number of anilines is 1. The molecule has 1 heterocycles. The summed E-state index contributed by atoms with van der Waals surface area (Å²) in [5.74, 6) is -0.156. The van der Waals surface area contributed by atoms with Crippen LogP contribution in [0.2, 0.25) is 0 Å². The highest BCUT2D eigenvalue weighted by Crippen LogP contribution is 2.10. The molecule has 0 spiro atoms. The molecule has 0 saturated carbocycles. The van der Waals surface area contributed by atoms with Gasteiger partial charge in [-0.2, -0.15) is 10.4 Å². The summed E-state index contributed by atoms with van der Waals surface area (Å²) in [5.41, 5.74) is 2.75. The number of hydrogen-bond donors (Lipinski definition) is 2. The number of carbonyl (C=O) groups is 1. The van der Waals surface area contributed by atoms with Gasteiger partial charge >= 0.3 is 0 Å². The molecule has 0 radical (unpaired) electrons. The fourth-order valence-corrected chi connectivity index (χ4v) is 1.60. The Balaban J connectivity index is 2.01. The second-order valence-electron chi connectivity index (χ2n) is 3.96. The summed E-state index contributed by atoms with van der Waals surface area (Å²) in [5, 5.41) is 18.3. The zero-order valence-corrected chi connectivity index (χ0v) is 9.90. The number of rotatable bonds is 3. The van der Waals surface area contributed by atoms with Crippen molar-refractivity contribution in [3.05, 3.63) is 47.3 Å². The van der Waals surface area contributed by atoms with Crippen LogP contribution in [-0.4, -0.2) is 16.1 Å². The molecule has 0 fully saturated rings. The van der Waals surface area contributed by atoms with Crippen LogP contribution in [0.25, 0.3) is 0 Å². The smallest absolute Gasteiger partial charge is 0.230 e. The number of H-pyrrole nitrogens is 1. The minimum atomic E-state index is -0.156. The molecular weight excluding hydrogens is 228 g/mol. The maximum atomic E-state index is 11.7. The number of aromatic amines is 1. The highest BCUT2D eigenvalue weighted by molar-refractivity contribution is 5.92. The second-order valence-corrected chi connectivity index (χ2v) is 3.96. The maximum absolute atomic E-state index is 11.7. The fraction of sp³-hybridized carbons (Fsp3) is 0.154. The molecule has 1 amide bonds. The molecule has 18 heavy (non-hydrogen) atoms. The van der Waals surface area contributed by atoms with Crippen molar-refractivity contribution in [3.63, 3.8) is 0 Å². The average molecular weight is 240 g/mol. The van der Waals surface area contributed by atoms with Gasteiger partial charge in [0.2, 0.25) is 5.91 Å². The first-order valence-electron chi connectivity index (χ1n) is 5.48. The number of aromatic nitrogens is 2. The number of nitrogens with one attached hydrogen (secondary N) is 2. The van der Waals surface area contributed by atoms with Gasteiger partial charge in [0.05, 0.1) is 23.7 Å². The minimum absolute atomic E-state index is 0.156. The molecule has 0 aliphatic heterocycles. The van der Waals surface area contributed by atoms with E-state index in [9.17, 15) is 4.79 Å². The van der Waals surface area contributed by atoms with E-state index < -0.39 is 0 Å². The van der Waals surface area contributed by atoms with Gasteiger partial charge < -0.3 is 5.32 Å². The minimum Gasteiger partial charge on any atom is -0.326 e. The molecule has 5 nitrogen and oxygen atoms in total. The Morgan fingerprint density at radius 3 is 3.00 bits per heavy atom. The third-order valence-corrected chi connectivity index (χ3v) is 2.38. The summed E-state index contributed by atoms with van der Waals surface area (Å²) in [4.78, 5) is 11.7. The molecule has 2 rings (SSSR count). The quantitative estimate of drug-likeness (QED) is 0.857. The van der Waals surface area contributed by atoms with Crippen LogP contribution >= 0.6 is 0 Å². The average Bonchev–Trinajstić information content (AvgIpc) is 2.74. The van der Waals surface area contributed by atoms with Crippen LogP contribution in [0, 0.1) is 18.3 Å². The summed E-state index contributed by atoms with van der Waals surface area (Å²) in [6.07, 6.45) is 0.209. The van der Waals surface area contributed by atoms with E-state index in [2.05, 4.69) is 15.5 Å². The number of nitrogens with zero attached hydrogens (tertiary/aromatic N) is 2. The van der Waals surface area contributed by atoms with Gasteiger partial charge in [0.25, 0.3) is 0 Å². The number of nitriles is 1. The van der Waals surface area contributed by atoms with Crippen molar-refractivity contribution in [2.24, 2.45) is 0 Å². The summed E-state index contributed by atoms with van der Waals surface area (Å²) in [7, 11) is 0. The molecule has 2 N–H and O–H groups in total. The van der Waals surface area contributed by atoms with Crippen LogP contribution in [0.3, 0.4) is 0 Å². The highest BCUT2D eigenvalue weighted by Gasteiger charge is 2.06. The molecule has 0 saturated heterocycles. The summed E-state index contributed by atoms with van der Waals surface area (Å²) in [6.45, 7) is 1.88. The Labute approximate surface area is 104 Å². The van der Waals surface area contributed by atoms with Gasteiger partial charge in [-0.3, -0.25) is 9.89 Å². The van der Waals surface area contributed by atoms with E-state index >= 15 is 0 Å². The van der Waals surface area contributed by atoms with Gasteiger partial charge in [0.15, 0.2) is 0 Å². The predicted molar refractivity (Wildman–Crippen MR) is 66.8 cm³/mol. The lowest BCUT2D eigenvalue weighted by Crippen LogP contribution is -2.14. The topological polar surface area (TPSA) is 81.6 Å². The SMILES string of the molecule is Cc1cc(CC(=O)Nc2cccc(C#N)c2)n[nH]1. The Bertz CT molecular complexity index is 609. The monoisotopic (exact) mass is 240 g/mol. The molecular formula is C13H12N4O. The normalized spacial score (nSPS) is 9.78. The Hall–Kier alpha value is -2.61. The molecule has 1 aromatic carbocycles. The van der Waals surface area contributed by atoms with E-state index in [1.54, 1.807) is 24.3 Å². The van der Waals surface area contributed by atoms with Crippen LogP contribution in [-0.2, 0) is 11.2 Å². The summed E-state index contributed by atoms with van der Waals surface area (Å²) in [6, 6.07) is 10.6. The van der Waals surface area contributed by atoms with E-state index in [4.69, 9.17) is 5.26 Å². The molecule has 5 heteroatoms. The molecule has 1 aromatic heterocycles. The second kappa shape index (κ2) is 5.15. The number of amides is 1. The van der Waals surface area contributed by atoms with Gasteiger partial charge in [-0.1, -0.05) is 6.07 Å². The van der Waals surface area contributed by atoms with Crippen molar-refractivity contribution in [2.75, 3.05) is 5.32 Å². The van der Waals surface area contributed by atoms with Crippen molar-refractivity contribution in [1.29, 1.82) is 5.26 Å². The molecule has 0 unspecified atom stereocenters. The largest absolute Gasteiger partial charge is 0.326 e. The van der Waals surface area contributed by atoms with Crippen LogP contribution in [0.4, 0.5) is 5.69 Å². The van der Waals surface area contributed by atoms with Crippen molar-refractivity contribution >= 4 is 11.6 Å². The maximum Gasteiger partial charge on any atom is 0.230 e. The van der Waals surface area contributed by atoms with Crippen molar-refractivity contribution in [3.8, 4) is 6.07 Å². The van der Waals surface area contributed by atoms with Crippen LogP contribution in [0.15, 0.2) is 30.3 Å². The number of aryl methyl sites for hydroxylation is 1. The summed E-state index contributed by atoms with van der Waals surface area (Å²) < 4.78 is 0. The molecule has 90 valence electrons. The van der Waals surface area contributed by atoms with Crippen LogP contribution in [0.5, 0.6) is 0 Å². The predicted octanol–water partition coefficient (Wildman–Crippen LogP) is 1.77. The van der Waals surface area contributed by atoms with Gasteiger partial charge in [-0.15, -0.1) is 0 Å².